The highest BCUT2D eigenvalue weighted by molar-refractivity contribution is 5.94. The SMILES string of the molecule is COc1ccc(NC(=O)CNC(=O)CC2(c3oc(C)cc(=O)c3O)CCOCC2)cc1. The average Bonchev–Trinajstić information content (AvgIpc) is 2.76. The van der Waals surface area contributed by atoms with E-state index in [0.717, 1.165) is 0 Å². The van der Waals surface area contributed by atoms with Gasteiger partial charge in [0.05, 0.1) is 13.7 Å². The molecule has 31 heavy (non-hydrogen) atoms. The maximum Gasteiger partial charge on any atom is 0.243 e. The summed E-state index contributed by atoms with van der Waals surface area (Å²) in [6, 6.07) is 8.02. The maximum absolute atomic E-state index is 12.7. The first-order valence-electron chi connectivity index (χ1n) is 9.95. The molecule has 0 radical (unpaired) electrons. The van der Waals surface area contributed by atoms with Crippen molar-refractivity contribution in [1.82, 2.24) is 5.32 Å². The Labute approximate surface area is 179 Å². The monoisotopic (exact) mass is 430 g/mol. The summed E-state index contributed by atoms with van der Waals surface area (Å²) in [5, 5.41) is 15.6. The molecular formula is C22H26N2O7. The normalized spacial score (nSPS) is 15.2. The molecule has 9 nitrogen and oxygen atoms in total. The van der Waals surface area contributed by atoms with E-state index in [1.807, 2.05) is 0 Å². The van der Waals surface area contributed by atoms with Crippen LogP contribution in [-0.2, 0) is 19.7 Å². The Morgan fingerprint density at radius 3 is 2.48 bits per heavy atom. The van der Waals surface area contributed by atoms with Crippen LogP contribution < -0.4 is 20.8 Å². The maximum atomic E-state index is 12.7. The summed E-state index contributed by atoms with van der Waals surface area (Å²) >= 11 is 0. The van der Waals surface area contributed by atoms with Crippen molar-refractivity contribution in [2.75, 3.05) is 32.2 Å². The van der Waals surface area contributed by atoms with Gasteiger partial charge in [-0.1, -0.05) is 0 Å². The Morgan fingerprint density at radius 1 is 1.16 bits per heavy atom. The van der Waals surface area contributed by atoms with Gasteiger partial charge in [-0.05, 0) is 44.0 Å². The smallest absolute Gasteiger partial charge is 0.243 e. The number of aryl methyl sites for hydroxylation is 1. The summed E-state index contributed by atoms with van der Waals surface area (Å²) in [7, 11) is 1.55. The first kappa shape index (κ1) is 22.4. The van der Waals surface area contributed by atoms with E-state index in [4.69, 9.17) is 13.9 Å². The van der Waals surface area contributed by atoms with Crippen molar-refractivity contribution in [2.45, 2.75) is 31.6 Å². The van der Waals surface area contributed by atoms with Crippen LogP contribution in [0.5, 0.6) is 11.5 Å². The molecule has 1 aliphatic rings. The molecule has 0 spiro atoms. The third-order valence-electron chi connectivity index (χ3n) is 5.30. The number of ether oxygens (including phenoxy) is 2. The van der Waals surface area contributed by atoms with E-state index in [-0.39, 0.29) is 24.6 Å². The number of methoxy groups -OCH3 is 1. The molecule has 1 aromatic heterocycles. The summed E-state index contributed by atoms with van der Waals surface area (Å²) in [6.45, 7) is 2.12. The van der Waals surface area contributed by atoms with E-state index in [0.29, 0.717) is 43.3 Å². The number of nitrogens with one attached hydrogen (secondary N) is 2. The number of amides is 2. The summed E-state index contributed by atoms with van der Waals surface area (Å²) in [6.07, 6.45) is 0.753. The fourth-order valence-electron chi connectivity index (χ4n) is 3.64. The largest absolute Gasteiger partial charge is 0.502 e. The van der Waals surface area contributed by atoms with E-state index >= 15 is 0 Å². The second-order valence-electron chi connectivity index (χ2n) is 7.52. The lowest BCUT2D eigenvalue weighted by atomic mass is 9.74. The molecule has 9 heteroatoms. The number of hydrogen-bond acceptors (Lipinski definition) is 7. The topological polar surface area (TPSA) is 127 Å². The number of carbonyl (C=O) groups excluding carboxylic acids is 2. The lowest BCUT2D eigenvalue weighted by molar-refractivity contribution is -0.126. The van der Waals surface area contributed by atoms with Crippen molar-refractivity contribution >= 4 is 17.5 Å². The van der Waals surface area contributed by atoms with Crippen LogP contribution in [-0.4, -0.2) is 43.8 Å². The molecule has 3 rings (SSSR count). The van der Waals surface area contributed by atoms with Crippen LogP contribution in [0.1, 0.15) is 30.8 Å². The highest BCUT2D eigenvalue weighted by Crippen LogP contribution is 2.41. The lowest BCUT2D eigenvalue weighted by Gasteiger charge is -2.35. The predicted octanol–water partition coefficient (Wildman–Crippen LogP) is 1.86. The Morgan fingerprint density at radius 2 is 1.84 bits per heavy atom. The summed E-state index contributed by atoms with van der Waals surface area (Å²) in [5.74, 6) is -0.155. The van der Waals surface area contributed by atoms with E-state index in [9.17, 15) is 19.5 Å². The highest BCUT2D eigenvalue weighted by atomic mass is 16.5. The van der Waals surface area contributed by atoms with Crippen LogP contribution >= 0.6 is 0 Å². The zero-order valence-electron chi connectivity index (χ0n) is 17.5. The van der Waals surface area contributed by atoms with Gasteiger partial charge in [0.15, 0.2) is 5.76 Å². The molecule has 0 atom stereocenters. The van der Waals surface area contributed by atoms with Gasteiger partial charge >= 0.3 is 0 Å². The van der Waals surface area contributed by atoms with Crippen LogP contribution in [0.15, 0.2) is 39.5 Å². The van der Waals surface area contributed by atoms with Gasteiger partial charge in [-0.3, -0.25) is 14.4 Å². The van der Waals surface area contributed by atoms with Crippen molar-refractivity contribution in [1.29, 1.82) is 0 Å². The van der Waals surface area contributed by atoms with Gasteiger partial charge in [-0.2, -0.15) is 0 Å². The summed E-state index contributed by atoms with van der Waals surface area (Å²) in [4.78, 5) is 36.9. The standard InChI is InChI=1S/C22H26N2O7/c1-14-11-17(25)20(28)21(31-14)22(7-9-30-10-8-22)12-18(26)23-13-19(27)24-15-3-5-16(29-2)6-4-15/h3-6,11,28H,7-10,12-13H2,1-2H3,(H,23,26)(H,24,27). The van der Waals surface area contributed by atoms with Gasteiger partial charge in [-0.25, -0.2) is 0 Å². The summed E-state index contributed by atoms with van der Waals surface area (Å²) < 4.78 is 16.2. The van der Waals surface area contributed by atoms with Gasteiger partial charge in [-0.15, -0.1) is 0 Å². The van der Waals surface area contributed by atoms with E-state index in [1.54, 1.807) is 38.3 Å². The average molecular weight is 430 g/mol. The number of aromatic hydroxyl groups is 1. The second kappa shape index (κ2) is 9.65. The Hall–Kier alpha value is -3.33. The van der Waals surface area contributed by atoms with E-state index in [2.05, 4.69) is 10.6 Å². The van der Waals surface area contributed by atoms with Gasteiger partial charge in [0, 0.05) is 36.8 Å². The minimum atomic E-state index is -0.885. The molecule has 0 aliphatic carbocycles. The molecule has 0 unspecified atom stereocenters. The van der Waals surface area contributed by atoms with Crippen molar-refractivity contribution in [2.24, 2.45) is 0 Å². The number of rotatable bonds is 7. The zero-order chi connectivity index (χ0) is 22.4. The van der Waals surface area contributed by atoms with Gasteiger partial charge in [0.25, 0.3) is 0 Å². The fraction of sp³-hybridized carbons (Fsp3) is 0.409. The molecule has 2 amide bonds. The first-order chi connectivity index (χ1) is 14.8. The van der Waals surface area contributed by atoms with E-state index < -0.39 is 22.5 Å². The van der Waals surface area contributed by atoms with Gasteiger partial charge < -0.3 is 29.6 Å². The van der Waals surface area contributed by atoms with Crippen LogP contribution in [0.4, 0.5) is 5.69 Å². The van der Waals surface area contributed by atoms with Crippen molar-refractivity contribution in [3.05, 3.63) is 52.1 Å². The fourth-order valence-corrected chi connectivity index (χ4v) is 3.64. The van der Waals surface area contributed by atoms with Gasteiger partial charge in [0.1, 0.15) is 11.5 Å². The van der Waals surface area contributed by atoms with Crippen LogP contribution in [0, 0.1) is 6.92 Å². The van der Waals surface area contributed by atoms with Crippen molar-refractivity contribution in [3.63, 3.8) is 0 Å². The third kappa shape index (κ3) is 5.43. The van der Waals surface area contributed by atoms with Crippen molar-refractivity contribution in [3.8, 4) is 11.5 Å². The lowest BCUT2D eigenvalue weighted by Crippen LogP contribution is -2.41. The number of carbonyl (C=O) groups is 2. The summed E-state index contributed by atoms with van der Waals surface area (Å²) in [5.41, 5.74) is -0.861. The Kier molecular flexibility index (Phi) is 6.96. The minimum Gasteiger partial charge on any atom is -0.502 e. The molecule has 3 N–H and O–H groups in total. The quantitative estimate of drug-likeness (QED) is 0.612. The van der Waals surface area contributed by atoms with Crippen LogP contribution in [0.25, 0.3) is 0 Å². The molecule has 166 valence electrons. The second-order valence-corrected chi connectivity index (χ2v) is 7.52. The Bertz CT molecular complexity index is 992. The molecule has 2 heterocycles. The Balaban J connectivity index is 1.66. The zero-order valence-corrected chi connectivity index (χ0v) is 17.5. The number of hydrogen-bond donors (Lipinski definition) is 3. The van der Waals surface area contributed by atoms with E-state index in [1.165, 1.54) is 6.07 Å². The molecule has 0 saturated carbocycles. The van der Waals surface area contributed by atoms with Crippen molar-refractivity contribution < 1.29 is 28.6 Å². The van der Waals surface area contributed by atoms with Crippen LogP contribution in [0.3, 0.4) is 0 Å². The molecule has 1 aliphatic heterocycles. The molecule has 2 aromatic rings. The molecule has 0 bridgehead atoms. The minimum absolute atomic E-state index is 0.0495. The third-order valence-corrected chi connectivity index (χ3v) is 5.30. The van der Waals surface area contributed by atoms with Gasteiger partial charge in [0.2, 0.25) is 23.0 Å². The predicted molar refractivity (Wildman–Crippen MR) is 112 cm³/mol. The highest BCUT2D eigenvalue weighted by Gasteiger charge is 2.42. The number of anilines is 1. The molecular weight excluding hydrogens is 404 g/mol. The van der Waals surface area contributed by atoms with Crippen LogP contribution in [0.2, 0.25) is 0 Å². The molecule has 1 fully saturated rings. The first-order valence-corrected chi connectivity index (χ1v) is 9.95. The number of benzene rings is 1. The molecule has 1 saturated heterocycles. The molecule has 1 aromatic carbocycles.